The van der Waals surface area contributed by atoms with E-state index in [4.69, 9.17) is 0 Å². The summed E-state index contributed by atoms with van der Waals surface area (Å²) < 4.78 is 1.00. The average Bonchev–Trinajstić information content (AvgIpc) is 2.99. The highest BCUT2D eigenvalue weighted by molar-refractivity contribution is 9.10. The van der Waals surface area contributed by atoms with Crippen LogP contribution in [-0.2, 0) is 0 Å². The van der Waals surface area contributed by atoms with E-state index in [1.165, 1.54) is 0 Å². The van der Waals surface area contributed by atoms with Gasteiger partial charge in [0, 0.05) is 35.4 Å². The first kappa shape index (κ1) is 15.0. The third-order valence-corrected chi connectivity index (χ3v) is 4.73. The number of anilines is 1. The van der Waals surface area contributed by atoms with Crippen molar-refractivity contribution in [1.82, 2.24) is 9.88 Å². The number of aryl methyl sites for hydroxylation is 1. The van der Waals surface area contributed by atoms with Gasteiger partial charge in [-0.2, -0.15) is 0 Å². The molecule has 1 amide bonds. The molecule has 5 heteroatoms. The van der Waals surface area contributed by atoms with E-state index in [2.05, 4.69) is 26.2 Å². The van der Waals surface area contributed by atoms with Crippen LogP contribution in [0.5, 0.6) is 0 Å². The fourth-order valence-corrected chi connectivity index (χ4v) is 2.87. The minimum atomic E-state index is 0.102. The zero-order valence-corrected chi connectivity index (χ0v) is 14.0. The number of hydrogen-bond acceptors (Lipinski definition) is 3. The van der Waals surface area contributed by atoms with Gasteiger partial charge in [0.25, 0.3) is 5.91 Å². The normalized spacial score (nSPS) is 17.5. The standard InChI is InChI=1S/C17H18BrN3O/c1-12-9-16(19-10-15(12)18)20-14-7-8-21(11-14)17(22)13-5-3-2-4-6-13/h2-6,9-10,14H,7-8,11H2,1H3,(H,19,20). The molecule has 1 aromatic heterocycles. The van der Waals surface area contributed by atoms with Crippen LogP contribution < -0.4 is 5.32 Å². The quantitative estimate of drug-likeness (QED) is 0.912. The molecule has 0 aliphatic carbocycles. The molecule has 0 saturated carbocycles. The second kappa shape index (κ2) is 6.48. The zero-order chi connectivity index (χ0) is 15.5. The van der Waals surface area contributed by atoms with E-state index < -0.39 is 0 Å². The van der Waals surface area contributed by atoms with E-state index >= 15 is 0 Å². The summed E-state index contributed by atoms with van der Waals surface area (Å²) in [4.78, 5) is 18.7. The second-order valence-corrected chi connectivity index (χ2v) is 6.42. The van der Waals surface area contributed by atoms with Crippen LogP contribution in [0.15, 0.2) is 47.1 Å². The molecule has 0 radical (unpaired) electrons. The highest BCUT2D eigenvalue weighted by Gasteiger charge is 2.27. The van der Waals surface area contributed by atoms with Crippen LogP contribution in [0, 0.1) is 6.92 Å². The van der Waals surface area contributed by atoms with Gasteiger partial charge in [-0.3, -0.25) is 4.79 Å². The van der Waals surface area contributed by atoms with Crippen LogP contribution in [0.1, 0.15) is 22.3 Å². The number of halogens is 1. The first-order valence-electron chi connectivity index (χ1n) is 7.36. The van der Waals surface area contributed by atoms with Gasteiger partial charge in [0.05, 0.1) is 0 Å². The highest BCUT2D eigenvalue weighted by atomic mass is 79.9. The maximum atomic E-state index is 12.4. The van der Waals surface area contributed by atoms with E-state index in [1.54, 1.807) is 6.20 Å². The lowest BCUT2D eigenvalue weighted by Gasteiger charge is -2.17. The van der Waals surface area contributed by atoms with Gasteiger partial charge in [0.1, 0.15) is 5.82 Å². The molecule has 1 unspecified atom stereocenters. The summed E-state index contributed by atoms with van der Waals surface area (Å²) in [5.74, 6) is 0.963. The van der Waals surface area contributed by atoms with Gasteiger partial charge >= 0.3 is 0 Å². The van der Waals surface area contributed by atoms with E-state index in [-0.39, 0.29) is 11.9 Å². The van der Waals surface area contributed by atoms with E-state index in [1.807, 2.05) is 48.2 Å². The lowest BCUT2D eigenvalue weighted by Crippen LogP contribution is -2.31. The molecule has 22 heavy (non-hydrogen) atoms. The summed E-state index contributed by atoms with van der Waals surface area (Å²) in [6.45, 7) is 3.53. The smallest absolute Gasteiger partial charge is 0.253 e. The Hall–Kier alpha value is -1.88. The van der Waals surface area contributed by atoms with Crippen LogP contribution in [0.4, 0.5) is 5.82 Å². The summed E-state index contributed by atoms with van der Waals surface area (Å²) in [7, 11) is 0. The molecule has 2 heterocycles. The first-order chi connectivity index (χ1) is 10.6. The largest absolute Gasteiger partial charge is 0.365 e. The molecule has 2 aromatic rings. The monoisotopic (exact) mass is 359 g/mol. The maximum absolute atomic E-state index is 12.4. The number of hydrogen-bond donors (Lipinski definition) is 1. The second-order valence-electron chi connectivity index (χ2n) is 5.57. The van der Waals surface area contributed by atoms with Gasteiger partial charge in [0.15, 0.2) is 0 Å². The molecule has 1 aliphatic rings. The molecule has 0 bridgehead atoms. The Morgan fingerprint density at radius 2 is 2.14 bits per heavy atom. The Morgan fingerprint density at radius 3 is 2.86 bits per heavy atom. The van der Waals surface area contributed by atoms with Gasteiger partial charge in [-0.1, -0.05) is 18.2 Å². The molecular formula is C17H18BrN3O. The van der Waals surface area contributed by atoms with Gasteiger partial charge < -0.3 is 10.2 Å². The minimum absolute atomic E-state index is 0.102. The fraction of sp³-hybridized carbons (Fsp3) is 0.294. The van der Waals surface area contributed by atoms with Crippen LogP contribution in [0.3, 0.4) is 0 Å². The van der Waals surface area contributed by atoms with Crippen LogP contribution in [0.2, 0.25) is 0 Å². The topological polar surface area (TPSA) is 45.2 Å². The van der Waals surface area contributed by atoms with Crippen molar-refractivity contribution < 1.29 is 4.79 Å². The molecule has 0 spiro atoms. The molecule has 1 aliphatic heterocycles. The Balaban J connectivity index is 1.62. The van der Waals surface area contributed by atoms with Crippen LogP contribution >= 0.6 is 15.9 Å². The van der Waals surface area contributed by atoms with Crippen molar-refractivity contribution in [2.45, 2.75) is 19.4 Å². The fourth-order valence-electron chi connectivity index (χ4n) is 2.65. The third-order valence-electron chi connectivity index (χ3n) is 3.90. The van der Waals surface area contributed by atoms with Crippen molar-refractivity contribution >= 4 is 27.7 Å². The van der Waals surface area contributed by atoms with Gasteiger partial charge in [0.2, 0.25) is 0 Å². The minimum Gasteiger partial charge on any atom is -0.365 e. The highest BCUT2D eigenvalue weighted by Crippen LogP contribution is 2.20. The number of benzene rings is 1. The number of carbonyl (C=O) groups is 1. The Kier molecular flexibility index (Phi) is 4.43. The number of aromatic nitrogens is 1. The third kappa shape index (κ3) is 3.30. The number of likely N-dealkylation sites (tertiary alicyclic amines) is 1. The van der Waals surface area contributed by atoms with Gasteiger partial charge in [-0.15, -0.1) is 0 Å². The number of carbonyl (C=O) groups excluding carboxylic acids is 1. The van der Waals surface area contributed by atoms with Gasteiger partial charge in [-0.25, -0.2) is 4.98 Å². The average molecular weight is 360 g/mol. The van der Waals surface area contributed by atoms with Crippen LogP contribution in [-0.4, -0.2) is 34.9 Å². The van der Waals surface area contributed by atoms with Crippen molar-refractivity contribution in [3.8, 4) is 0 Å². The number of nitrogens with one attached hydrogen (secondary N) is 1. The number of pyridine rings is 1. The summed E-state index contributed by atoms with van der Waals surface area (Å²) in [5, 5.41) is 3.42. The van der Waals surface area contributed by atoms with Crippen molar-refractivity contribution in [1.29, 1.82) is 0 Å². The summed E-state index contributed by atoms with van der Waals surface area (Å²) >= 11 is 3.45. The first-order valence-corrected chi connectivity index (χ1v) is 8.16. The molecule has 1 N–H and O–H groups in total. The van der Waals surface area contributed by atoms with Crippen LogP contribution in [0.25, 0.3) is 0 Å². The molecule has 1 saturated heterocycles. The zero-order valence-electron chi connectivity index (χ0n) is 12.4. The molecule has 1 atom stereocenters. The number of amides is 1. The molecular weight excluding hydrogens is 342 g/mol. The Bertz CT molecular complexity index is 675. The maximum Gasteiger partial charge on any atom is 0.253 e. The number of nitrogens with zero attached hydrogens (tertiary/aromatic N) is 2. The Morgan fingerprint density at radius 1 is 1.36 bits per heavy atom. The van der Waals surface area contributed by atoms with E-state index in [0.717, 1.165) is 34.4 Å². The van der Waals surface area contributed by atoms with Gasteiger partial charge in [-0.05, 0) is 53.0 Å². The van der Waals surface area contributed by atoms with E-state index in [9.17, 15) is 4.79 Å². The molecule has 1 fully saturated rings. The Labute approximate surface area is 138 Å². The SMILES string of the molecule is Cc1cc(NC2CCN(C(=O)c3ccccc3)C2)ncc1Br. The van der Waals surface area contributed by atoms with Crippen molar-refractivity contribution in [2.24, 2.45) is 0 Å². The lowest BCUT2D eigenvalue weighted by molar-refractivity contribution is 0.0791. The lowest BCUT2D eigenvalue weighted by atomic mass is 10.2. The summed E-state index contributed by atoms with van der Waals surface area (Å²) in [6, 6.07) is 11.7. The van der Waals surface area contributed by atoms with Crippen molar-refractivity contribution in [3.05, 3.63) is 58.2 Å². The molecule has 3 rings (SSSR count). The van der Waals surface area contributed by atoms with Crippen molar-refractivity contribution in [3.63, 3.8) is 0 Å². The summed E-state index contributed by atoms with van der Waals surface area (Å²) in [6.07, 6.45) is 2.74. The molecule has 4 nitrogen and oxygen atoms in total. The van der Waals surface area contributed by atoms with Crippen molar-refractivity contribution in [2.75, 3.05) is 18.4 Å². The molecule has 114 valence electrons. The number of rotatable bonds is 3. The van der Waals surface area contributed by atoms with E-state index in [0.29, 0.717) is 6.54 Å². The summed E-state index contributed by atoms with van der Waals surface area (Å²) in [5.41, 5.74) is 1.90. The predicted octanol–water partition coefficient (Wildman–Crippen LogP) is 3.48. The predicted molar refractivity (Wildman–Crippen MR) is 91.0 cm³/mol. The molecule has 1 aromatic carbocycles.